The summed E-state index contributed by atoms with van der Waals surface area (Å²) in [5, 5.41) is 0. The monoisotopic (exact) mass is 268 g/mol. The topological polar surface area (TPSA) is 64.8 Å². The SMILES string of the molecule is CCOC(=O)c1coc(N(C)CC2CCOCC2)n1. The number of hydrogen-bond acceptors (Lipinski definition) is 6. The minimum absolute atomic E-state index is 0.218. The second kappa shape index (κ2) is 6.56. The smallest absolute Gasteiger partial charge is 0.360 e. The van der Waals surface area contributed by atoms with Crippen LogP contribution in [0.3, 0.4) is 0 Å². The van der Waals surface area contributed by atoms with Gasteiger partial charge in [-0.3, -0.25) is 0 Å². The fourth-order valence-electron chi connectivity index (χ4n) is 2.13. The van der Waals surface area contributed by atoms with Gasteiger partial charge >= 0.3 is 5.97 Å². The lowest BCUT2D eigenvalue weighted by atomic mass is 10.0. The third-order valence-electron chi connectivity index (χ3n) is 3.18. The van der Waals surface area contributed by atoms with Crippen LogP contribution in [0.4, 0.5) is 6.01 Å². The number of aromatic nitrogens is 1. The molecule has 1 aromatic heterocycles. The molecule has 0 N–H and O–H groups in total. The van der Waals surface area contributed by atoms with Gasteiger partial charge in [-0.25, -0.2) is 4.79 Å². The highest BCUT2D eigenvalue weighted by Crippen LogP contribution is 2.19. The van der Waals surface area contributed by atoms with Crippen molar-refractivity contribution >= 4 is 12.0 Å². The summed E-state index contributed by atoms with van der Waals surface area (Å²) < 4.78 is 15.5. The molecule has 1 saturated heterocycles. The lowest BCUT2D eigenvalue weighted by molar-refractivity contribution is 0.0519. The molecule has 2 heterocycles. The standard InChI is InChI=1S/C13H20N2O4/c1-3-18-12(16)11-9-19-13(14-11)15(2)8-10-4-6-17-7-5-10/h9-10H,3-8H2,1-2H3. The average molecular weight is 268 g/mol. The molecule has 6 heteroatoms. The molecular formula is C13H20N2O4. The molecule has 0 bridgehead atoms. The maximum atomic E-state index is 11.5. The molecule has 106 valence electrons. The molecule has 19 heavy (non-hydrogen) atoms. The van der Waals surface area contributed by atoms with E-state index in [-0.39, 0.29) is 5.69 Å². The summed E-state index contributed by atoms with van der Waals surface area (Å²) in [5.41, 5.74) is 0.218. The summed E-state index contributed by atoms with van der Waals surface area (Å²) in [7, 11) is 1.91. The van der Waals surface area contributed by atoms with Crippen molar-refractivity contribution in [2.24, 2.45) is 5.92 Å². The van der Waals surface area contributed by atoms with E-state index in [1.165, 1.54) is 6.26 Å². The summed E-state index contributed by atoms with van der Waals surface area (Å²) in [4.78, 5) is 17.6. The van der Waals surface area contributed by atoms with Gasteiger partial charge in [0.15, 0.2) is 5.69 Å². The average Bonchev–Trinajstić information content (AvgIpc) is 2.90. The Kier molecular flexibility index (Phi) is 4.79. The quantitative estimate of drug-likeness (QED) is 0.757. The molecule has 0 aliphatic carbocycles. The molecule has 1 aliphatic heterocycles. The first-order chi connectivity index (χ1) is 9.20. The predicted octanol–water partition coefficient (Wildman–Crippen LogP) is 1.71. The number of esters is 1. The van der Waals surface area contributed by atoms with E-state index in [1.54, 1.807) is 6.92 Å². The summed E-state index contributed by atoms with van der Waals surface area (Å²) in [6.45, 7) is 4.58. The first kappa shape index (κ1) is 13.9. The summed E-state index contributed by atoms with van der Waals surface area (Å²) >= 11 is 0. The Bertz CT molecular complexity index is 413. The van der Waals surface area contributed by atoms with E-state index in [2.05, 4.69) is 4.98 Å². The maximum absolute atomic E-state index is 11.5. The van der Waals surface area contributed by atoms with Crippen LogP contribution in [0.25, 0.3) is 0 Å². The van der Waals surface area contributed by atoms with Gasteiger partial charge < -0.3 is 18.8 Å². The van der Waals surface area contributed by atoms with Crippen molar-refractivity contribution in [2.75, 3.05) is 38.3 Å². The second-order valence-corrected chi connectivity index (χ2v) is 4.67. The highest BCUT2D eigenvalue weighted by Gasteiger charge is 2.20. The first-order valence-electron chi connectivity index (χ1n) is 6.62. The van der Waals surface area contributed by atoms with Crippen molar-refractivity contribution in [3.8, 4) is 0 Å². The molecule has 2 rings (SSSR count). The van der Waals surface area contributed by atoms with E-state index in [0.717, 1.165) is 32.6 Å². The Morgan fingerprint density at radius 1 is 1.53 bits per heavy atom. The van der Waals surface area contributed by atoms with Crippen LogP contribution >= 0.6 is 0 Å². The number of nitrogens with zero attached hydrogens (tertiary/aromatic N) is 2. The maximum Gasteiger partial charge on any atom is 0.360 e. The summed E-state index contributed by atoms with van der Waals surface area (Å²) in [6.07, 6.45) is 3.44. The van der Waals surface area contributed by atoms with Gasteiger partial charge in [0.05, 0.1) is 6.61 Å². The van der Waals surface area contributed by atoms with Crippen LogP contribution in [0.5, 0.6) is 0 Å². The third-order valence-corrected chi connectivity index (χ3v) is 3.18. The number of carbonyl (C=O) groups excluding carboxylic acids is 1. The van der Waals surface area contributed by atoms with Gasteiger partial charge in [-0.05, 0) is 25.7 Å². The molecule has 0 amide bonds. The van der Waals surface area contributed by atoms with Crippen molar-refractivity contribution in [3.05, 3.63) is 12.0 Å². The Balaban J connectivity index is 1.91. The van der Waals surface area contributed by atoms with Crippen LogP contribution in [-0.4, -0.2) is 44.4 Å². The van der Waals surface area contributed by atoms with Gasteiger partial charge in [-0.1, -0.05) is 0 Å². The zero-order valence-corrected chi connectivity index (χ0v) is 11.4. The number of rotatable bonds is 5. The van der Waals surface area contributed by atoms with Crippen LogP contribution < -0.4 is 4.90 Å². The largest absolute Gasteiger partial charge is 0.461 e. The van der Waals surface area contributed by atoms with Gasteiger partial charge in [-0.2, -0.15) is 4.98 Å². The molecule has 1 aliphatic rings. The van der Waals surface area contributed by atoms with Crippen LogP contribution in [0.2, 0.25) is 0 Å². The molecule has 0 saturated carbocycles. The van der Waals surface area contributed by atoms with Gasteiger partial charge in [-0.15, -0.1) is 0 Å². The number of ether oxygens (including phenoxy) is 2. The van der Waals surface area contributed by atoms with E-state index < -0.39 is 5.97 Å². The molecule has 0 aromatic carbocycles. The Labute approximate surface area is 112 Å². The minimum atomic E-state index is -0.447. The van der Waals surface area contributed by atoms with Crippen LogP contribution in [0, 0.1) is 5.92 Å². The van der Waals surface area contributed by atoms with Crippen molar-refractivity contribution in [1.82, 2.24) is 4.98 Å². The van der Waals surface area contributed by atoms with Crippen LogP contribution in [-0.2, 0) is 9.47 Å². The summed E-state index contributed by atoms with van der Waals surface area (Å²) in [5.74, 6) is 0.133. The molecular weight excluding hydrogens is 248 g/mol. The number of anilines is 1. The minimum Gasteiger partial charge on any atom is -0.461 e. The molecule has 0 atom stereocenters. The second-order valence-electron chi connectivity index (χ2n) is 4.67. The van der Waals surface area contributed by atoms with Crippen LogP contribution in [0.1, 0.15) is 30.3 Å². The van der Waals surface area contributed by atoms with Gasteiger partial charge in [0.1, 0.15) is 6.26 Å². The first-order valence-corrected chi connectivity index (χ1v) is 6.62. The number of carbonyl (C=O) groups is 1. The van der Waals surface area contributed by atoms with Crippen LogP contribution in [0.15, 0.2) is 10.7 Å². The fourth-order valence-corrected chi connectivity index (χ4v) is 2.13. The highest BCUT2D eigenvalue weighted by molar-refractivity contribution is 5.87. The number of hydrogen-bond donors (Lipinski definition) is 0. The third kappa shape index (κ3) is 3.70. The Morgan fingerprint density at radius 2 is 2.26 bits per heavy atom. The zero-order chi connectivity index (χ0) is 13.7. The fraction of sp³-hybridized carbons (Fsp3) is 0.692. The van der Waals surface area contributed by atoms with Crippen molar-refractivity contribution in [1.29, 1.82) is 0 Å². The molecule has 1 fully saturated rings. The molecule has 0 radical (unpaired) electrons. The van der Waals surface area contributed by atoms with E-state index in [4.69, 9.17) is 13.9 Å². The highest BCUT2D eigenvalue weighted by atomic mass is 16.5. The molecule has 1 aromatic rings. The van der Waals surface area contributed by atoms with Crippen molar-refractivity contribution < 1.29 is 18.7 Å². The van der Waals surface area contributed by atoms with E-state index in [0.29, 0.717) is 18.5 Å². The lowest BCUT2D eigenvalue weighted by Gasteiger charge is -2.26. The summed E-state index contributed by atoms with van der Waals surface area (Å²) in [6, 6.07) is 0.453. The zero-order valence-electron chi connectivity index (χ0n) is 11.4. The Hall–Kier alpha value is -1.56. The van der Waals surface area contributed by atoms with E-state index >= 15 is 0 Å². The normalized spacial score (nSPS) is 16.3. The van der Waals surface area contributed by atoms with E-state index in [9.17, 15) is 4.79 Å². The molecule has 6 nitrogen and oxygen atoms in total. The number of oxazole rings is 1. The van der Waals surface area contributed by atoms with Gasteiger partial charge in [0.2, 0.25) is 0 Å². The Morgan fingerprint density at radius 3 is 2.95 bits per heavy atom. The predicted molar refractivity (Wildman–Crippen MR) is 69.3 cm³/mol. The van der Waals surface area contributed by atoms with E-state index in [1.807, 2.05) is 11.9 Å². The van der Waals surface area contributed by atoms with Crippen molar-refractivity contribution in [2.45, 2.75) is 19.8 Å². The van der Waals surface area contributed by atoms with Gasteiger partial charge in [0.25, 0.3) is 6.01 Å². The van der Waals surface area contributed by atoms with Gasteiger partial charge in [0, 0.05) is 26.8 Å². The molecule has 0 unspecified atom stereocenters. The molecule has 0 spiro atoms. The van der Waals surface area contributed by atoms with Crippen molar-refractivity contribution in [3.63, 3.8) is 0 Å². The lowest BCUT2D eigenvalue weighted by Crippen LogP contribution is -2.29.